The standard InChI is InChI=1S/C21H25N5O2/c1-14-12-17(15(2)27)19-18(13-14)20(28)24(3)21(23-19)26-10-8-25(9-11-26)16-4-6-22-7-5-16/h4-7,12-13,15,27H,8-11H2,1-3H3. The fourth-order valence-corrected chi connectivity index (χ4v) is 3.86. The molecule has 0 amide bonds. The molecule has 28 heavy (non-hydrogen) atoms. The number of anilines is 2. The molecule has 1 saturated heterocycles. The van der Waals surface area contributed by atoms with Crippen LogP contribution in [0.2, 0.25) is 0 Å². The van der Waals surface area contributed by atoms with Crippen molar-refractivity contribution in [2.24, 2.45) is 7.05 Å². The first kappa shape index (κ1) is 18.4. The van der Waals surface area contributed by atoms with Gasteiger partial charge in [-0.2, -0.15) is 0 Å². The maximum absolute atomic E-state index is 13.0. The third kappa shape index (κ3) is 3.22. The van der Waals surface area contributed by atoms with Crippen LogP contribution in [0.4, 0.5) is 11.6 Å². The molecule has 1 N–H and O–H groups in total. The first-order chi connectivity index (χ1) is 13.5. The van der Waals surface area contributed by atoms with Crippen LogP contribution in [0.15, 0.2) is 41.5 Å². The van der Waals surface area contributed by atoms with Crippen LogP contribution in [0, 0.1) is 6.92 Å². The third-order valence-electron chi connectivity index (χ3n) is 5.37. The highest BCUT2D eigenvalue weighted by Crippen LogP contribution is 2.25. The summed E-state index contributed by atoms with van der Waals surface area (Å²) in [6.45, 7) is 6.86. The van der Waals surface area contributed by atoms with E-state index in [0.29, 0.717) is 22.4 Å². The van der Waals surface area contributed by atoms with Gasteiger partial charge in [0.2, 0.25) is 5.95 Å². The Balaban J connectivity index is 1.70. The molecule has 7 nitrogen and oxygen atoms in total. The number of fused-ring (bicyclic) bond motifs is 1. The minimum absolute atomic E-state index is 0.0813. The fourth-order valence-electron chi connectivity index (χ4n) is 3.86. The van der Waals surface area contributed by atoms with Crippen molar-refractivity contribution in [2.75, 3.05) is 36.0 Å². The van der Waals surface area contributed by atoms with Gasteiger partial charge in [-0.1, -0.05) is 6.07 Å². The van der Waals surface area contributed by atoms with Gasteiger partial charge in [0.15, 0.2) is 0 Å². The van der Waals surface area contributed by atoms with E-state index in [9.17, 15) is 9.90 Å². The lowest BCUT2D eigenvalue weighted by molar-refractivity contribution is 0.200. The molecule has 2 aromatic heterocycles. The SMILES string of the molecule is Cc1cc(C(C)O)c2nc(N3CCN(c4ccncc4)CC3)n(C)c(=O)c2c1. The van der Waals surface area contributed by atoms with E-state index in [0.717, 1.165) is 37.4 Å². The quantitative estimate of drug-likeness (QED) is 0.750. The third-order valence-corrected chi connectivity index (χ3v) is 5.37. The monoisotopic (exact) mass is 379 g/mol. The number of aliphatic hydroxyl groups excluding tert-OH is 1. The van der Waals surface area contributed by atoms with Crippen LogP contribution in [-0.4, -0.2) is 45.8 Å². The van der Waals surface area contributed by atoms with Crippen molar-refractivity contribution >= 4 is 22.5 Å². The predicted octanol–water partition coefficient (Wildman–Crippen LogP) is 2.02. The van der Waals surface area contributed by atoms with Gasteiger partial charge >= 0.3 is 0 Å². The first-order valence-corrected chi connectivity index (χ1v) is 9.55. The minimum Gasteiger partial charge on any atom is -0.389 e. The molecule has 1 atom stereocenters. The summed E-state index contributed by atoms with van der Waals surface area (Å²) in [6, 6.07) is 7.78. The summed E-state index contributed by atoms with van der Waals surface area (Å²) >= 11 is 0. The molecule has 4 rings (SSSR count). The maximum Gasteiger partial charge on any atom is 0.262 e. The Hall–Kier alpha value is -2.93. The number of rotatable bonds is 3. The van der Waals surface area contributed by atoms with E-state index in [1.165, 1.54) is 0 Å². The number of pyridine rings is 1. The van der Waals surface area contributed by atoms with Crippen LogP contribution in [0.5, 0.6) is 0 Å². The van der Waals surface area contributed by atoms with E-state index < -0.39 is 6.10 Å². The number of nitrogens with zero attached hydrogens (tertiary/aromatic N) is 5. The van der Waals surface area contributed by atoms with Crippen molar-refractivity contribution in [3.05, 3.63) is 58.1 Å². The van der Waals surface area contributed by atoms with Gasteiger partial charge in [0.1, 0.15) is 0 Å². The zero-order chi connectivity index (χ0) is 19.8. The van der Waals surface area contributed by atoms with Crippen molar-refractivity contribution in [3.63, 3.8) is 0 Å². The number of aliphatic hydroxyl groups is 1. The van der Waals surface area contributed by atoms with Gasteiger partial charge in [0.05, 0.1) is 17.0 Å². The van der Waals surface area contributed by atoms with E-state index in [1.807, 2.05) is 31.2 Å². The summed E-state index contributed by atoms with van der Waals surface area (Å²) in [7, 11) is 1.77. The molecule has 0 spiro atoms. The highest BCUT2D eigenvalue weighted by molar-refractivity contribution is 5.83. The normalized spacial score (nSPS) is 15.9. The van der Waals surface area contributed by atoms with E-state index in [1.54, 1.807) is 30.9 Å². The van der Waals surface area contributed by atoms with E-state index in [-0.39, 0.29) is 5.56 Å². The van der Waals surface area contributed by atoms with Gasteiger partial charge in [-0.15, -0.1) is 0 Å². The highest BCUT2D eigenvalue weighted by atomic mass is 16.3. The van der Waals surface area contributed by atoms with Crippen LogP contribution >= 0.6 is 0 Å². The van der Waals surface area contributed by atoms with Crippen LogP contribution in [0.25, 0.3) is 10.9 Å². The van der Waals surface area contributed by atoms with Gasteiger partial charge in [0.25, 0.3) is 5.56 Å². The van der Waals surface area contributed by atoms with Crippen LogP contribution < -0.4 is 15.4 Å². The molecule has 1 aromatic carbocycles. The predicted molar refractivity (Wildman–Crippen MR) is 111 cm³/mol. The number of hydrogen-bond donors (Lipinski definition) is 1. The Labute approximate surface area is 163 Å². The Morgan fingerprint density at radius 1 is 1.07 bits per heavy atom. The van der Waals surface area contributed by atoms with Crippen molar-refractivity contribution in [1.82, 2.24) is 14.5 Å². The van der Waals surface area contributed by atoms with Gasteiger partial charge in [-0.25, -0.2) is 4.98 Å². The molecule has 1 unspecified atom stereocenters. The molecule has 1 aliphatic rings. The van der Waals surface area contributed by atoms with Gasteiger partial charge in [-0.3, -0.25) is 14.3 Å². The second-order valence-corrected chi connectivity index (χ2v) is 7.38. The lowest BCUT2D eigenvalue weighted by atomic mass is 10.0. The Kier molecular flexibility index (Phi) is 4.77. The Morgan fingerprint density at radius 3 is 2.36 bits per heavy atom. The average molecular weight is 379 g/mol. The molecule has 0 aliphatic carbocycles. The molecule has 1 aliphatic heterocycles. The topological polar surface area (TPSA) is 74.5 Å². The van der Waals surface area contributed by atoms with Crippen LogP contribution in [-0.2, 0) is 7.05 Å². The number of hydrogen-bond acceptors (Lipinski definition) is 6. The van der Waals surface area contributed by atoms with Gasteiger partial charge < -0.3 is 14.9 Å². The number of aromatic nitrogens is 3. The Morgan fingerprint density at radius 2 is 1.71 bits per heavy atom. The molecule has 7 heteroatoms. The van der Waals surface area contributed by atoms with Crippen molar-refractivity contribution in [3.8, 4) is 0 Å². The Bertz CT molecular complexity index is 1050. The van der Waals surface area contributed by atoms with Crippen LogP contribution in [0.3, 0.4) is 0 Å². The number of piperazine rings is 1. The van der Waals surface area contributed by atoms with Crippen LogP contribution in [0.1, 0.15) is 24.2 Å². The van der Waals surface area contributed by atoms with Crippen molar-refractivity contribution in [1.29, 1.82) is 0 Å². The largest absolute Gasteiger partial charge is 0.389 e. The number of benzene rings is 1. The zero-order valence-corrected chi connectivity index (χ0v) is 16.5. The summed E-state index contributed by atoms with van der Waals surface area (Å²) < 4.78 is 1.62. The molecule has 0 saturated carbocycles. The number of aryl methyl sites for hydroxylation is 1. The maximum atomic E-state index is 13.0. The molecule has 3 heterocycles. The van der Waals surface area contributed by atoms with E-state index in [2.05, 4.69) is 14.8 Å². The minimum atomic E-state index is -0.682. The smallest absolute Gasteiger partial charge is 0.262 e. The van der Waals surface area contributed by atoms with E-state index >= 15 is 0 Å². The molecule has 146 valence electrons. The lowest BCUT2D eigenvalue weighted by Gasteiger charge is -2.37. The molecule has 0 bridgehead atoms. The molecule has 0 radical (unpaired) electrons. The lowest BCUT2D eigenvalue weighted by Crippen LogP contribution is -2.48. The van der Waals surface area contributed by atoms with E-state index in [4.69, 9.17) is 4.98 Å². The van der Waals surface area contributed by atoms with Crippen molar-refractivity contribution in [2.45, 2.75) is 20.0 Å². The van der Waals surface area contributed by atoms with Gasteiger partial charge in [-0.05, 0) is 37.6 Å². The molecular weight excluding hydrogens is 354 g/mol. The fraction of sp³-hybridized carbons (Fsp3) is 0.381. The summed E-state index contributed by atoms with van der Waals surface area (Å²) in [6.07, 6.45) is 2.92. The molecule has 3 aromatic rings. The highest BCUT2D eigenvalue weighted by Gasteiger charge is 2.22. The molecule has 1 fully saturated rings. The zero-order valence-electron chi connectivity index (χ0n) is 16.5. The summed E-state index contributed by atoms with van der Waals surface area (Å²) in [5.74, 6) is 0.651. The van der Waals surface area contributed by atoms with Gasteiger partial charge in [0, 0.05) is 56.9 Å². The first-order valence-electron chi connectivity index (χ1n) is 9.55. The summed E-state index contributed by atoms with van der Waals surface area (Å²) in [4.78, 5) is 26.3. The summed E-state index contributed by atoms with van der Waals surface area (Å²) in [5.41, 5.74) is 3.31. The molecular formula is C21H25N5O2. The average Bonchev–Trinajstić information content (AvgIpc) is 2.71. The second-order valence-electron chi connectivity index (χ2n) is 7.38. The summed E-state index contributed by atoms with van der Waals surface area (Å²) in [5, 5.41) is 10.7. The second kappa shape index (κ2) is 7.24. The van der Waals surface area contributed by atoms with Crippen molar-refractivity contribution < 1.29 is 5.11 Å².